The topological polar surface area (TPSA) is 49.8 Å². The molecule has 1 aromatic heterocycles. The highest BCUT2D eigenvalue weighted by Gasteiger charge is 2.27. The predicted octanol–water partition coefficient (Wildman–Crippen LogP) is 1.83. The fraction of sp³-hybridized carbons (Fsp3) is 0.800. The van der Waals surface area contributed by atoms with Crippen LogP contribution in [0.25, 0.3) is 0 Å². The Bertz CT molecular complexity index is 306. The van der Waals surface area contributed by atoms with Crippen molar-refractivity contribution in [3.05, 3.63) is 5.82 Å². The summed E-state index contributed by atoms with van der Waals surface area (Å²) in [5, 5.41) is 7.60. The summed E-state index contributed by atoms with van der Waals surface area (Å²) < 4.78 is 4.34. The molecule has 1 fully saturated rings. The summed E-state index contributed by atoms with van der Waals surface area (Å²) in [6, 6.07) is 0.545. The van der Waals surface area contributed by atoms with E-state index in [0.29, 0.717) is 12.0 Å². The molecule has 0 aliphatic heterocycles. The zero-order valence-electron chi connectivity index (χ0n) is 9.29. The van der Waals surface area contributed by atoms with Gasteiger partial charge in [-0.3, -0.25) is 0 Å². The maximum atomic E-state index is 4.46. The summed E-state index contributed by atoms with van der Waals surface area (Å²) in [6.45, 7) is 6.18. The first-order chi connectivity index (χ1) is 7.25. The number of hydrogen-bond donors (Lipinski definition) is 2. The smallest absolute Gasteiger partial charge is 0.202 e. The van der Waals surface area contributed by atoms with Crippen LogP contribution in [-0.4, -0.2) is 28.5 Å². The largest absolute Gasteiger partial charge is 0.359 e. The molecule has 0 radical (unpaired) electrons. The highest BCUT2D eigenvalue weighted by molar-refractivity contribution is 7.09. The molecule has 1 aliphatic carbocycles. The van der Waals surface area contributed by atoms with Crippen molar-refractivity contribution in [2.75, 3.05) is 18.4 Å². The van der Waals surface area contributed by atoms with E-state index in [9.17, 15) is 0 Å². The van der Waals surface area contributed by atoms with Crippen molar-refractivity contribution >= 4 is 16.7 Å². The normalized spacial score (nSPS) is 15.9. The third kappa shape index (κ3) is 3.43. The molecule has 0 amide bonds. The molecular formula is C10H18N4S. The van der Waals surface area contributed by atoms with Crippen LogP contribution in [0.3, 0.4) is 0 Å². The quantitative estimate of drug-likeness (QED) is 0.727. The van der Waals surface area contributed by atoms with Gasteiger partial charge in [-0.2, -0.15) is 4.37 Å². The van der Waals surface area contributed by atoms with E-state index in [4.69, 9.17) is 0 Å². The predicted molar refractivity (Wildman–Crippen MR) is 63.5 cm³/mol. The zero-order chi connectivity index (χ0) is 10.7. The molecule has 2 rings (SSSR count). The number of nitrogens with zero attached hydrogens (tertiary/aromatic N) is 2. The first kappa shape index (κ1) is 10.8. The minimum atomic E-state index is 0.545. The molecule has 5 heteroatoms. The average Bonchev–Trinajstić information content (AvgIpc) is 2.94. The van der Waals surface area contributed by atoms with Gasteiger partial charge in [0.1, 0.15) is 5.82 Å². The molecule has 1 heterocycles. The summed E-state index contributed by atoms with van der Waals surface area (Å²) in [5.74, 6) is 1.70. The van der Waals surface area contributed by atoms with Gasteiger partial charge in [-0.15, -0.1) is 0 Å². The van der Waals surface area contributed by atoms with E-state index >= 15 is 0 Å². The van der Waals surface area contributed by atoms with Crippen molar-refractivity contribution in [2.24, 2.45) is 0 Å². The molecule has 4 nitrogen and oxygen atoms in total. The standard InChI is InChI=1S/C10H18N4S/c1-7(2)11-5-6-12-10-13-9(14-15-10)8-3-4-8/h7-8,11H,3-6H2,1-2H3,(H,12,13,14). The molecule has 0 unspecified atom stereocenters. The van der Waals surface area contributed by atoms with E-state index in [2.05, 4.69) is 33.8 Å². The Hall–Kier alpha value is -0.680. The Morgan fingerprint density at radius 3 is 2.87 bits per heavy atom. The molecule has 1 aliphatic rings. The summed E-state index contributed by atoms with van der Waals surface area (Å²) >= 11 is 1.48. The Kier molecular flexibility index (Phi) is 3.53. The molecule has 0 saturated heterocycles. The molecule has 1 aromatic rings. The van der Waals surface area contributed by atoms with Crippen LogP contribution >= 0.6 is 11.5 Å². The van der Waals surface area contributed by atoms with Crippen LogP contribution < -0.4 is 10.6 Å². The molecule has 0 aromatic carbocycles. The number of rotatable bonds is 6. The van der Waals surface area contributed by atoms with Gasteiger partial charge < -0.3 is 10.6 Å². The summed E-state index contributed by atoms with van der Waals surface area (Å²) in [7, 11) is 0. The minimum absolute atomic E-state index is 0.545. The molecule has 0 atom stereocenters. The minimum Gasteiger partial charge on any atom is -0.359 e. The van der Waals surface area contributed by atoms with Crippen molar-refractivity contribution in [1.29, 1.82) is 0 Å². The lowest BCUT2D eigenvalue weighted by atomic mass is 10.4. The van der Waals surface area contributed by atoms with Crippen LogP contribution in [0.1, 0.15) is 38.4 Å². The molecule has 15 heavy (non-hydrogen) atoms. The Balaban J connectivity index is 1.69. The number of anilines is 1. The van der Waals surface area contributed by atoms with Crippen molar-refractivity contribution in [3.63, 3.8) is 0 Å². The van der Waals surface area contributed by atoms with Crippen LogP contribution in [0.4, 0.5) is 5.13 Å². The summed E-state index contributed by atoms with van der Waals surface area (Å²) in [5.41, 5.74) is 0. The molecule has 1 saturated carbocycles. The van der Waals surface area contributed by atoms with E-state index in [1.165, 1.54) is 24.4 Å². The van der Waals surface area contributed by atoms with Gasteiger partial charge in [0.2, 0.25) is 5.13 Å². The van der Waals surface area contributed by atoms with Gasteiger partial charge in [0.15, 0.2) is 0 Å². The van der Waals surface area contributed by atoms with Gasteiger partial charge in [0.05, 0.1) is 0 Å². The van der Waals surface area contributed by atoms with E-state index in [1.54, 1.807) is 0 Å². The third-order valence-corrected chi connectivity index (χ3v) is 3.02. The second-order valence-corrected chi connectivity index (χ2v) is 5.02. The lowest BCUT2D eigenvalue weighted by Gasteiger charge is -2.07. The maximum absolute atomic E-state index is 4.46. The SMILES string of the molecule is CC(C)NCCNc1nc(C2CC2)ns1. The highest BCUT2D eigenvalue weighted by Crippen LogP contribution is 2.39. The fourth-order valence-corrected chi connectivity index (χ4v) is 2.02. The first-order valence-corrected chi connectivity index (χ1v) is 6.34. The monoisotopic (exact) mass is 226 g/mol. The van der Waals surface area contributed by atoms with Gasteiger partial charge >= 0.3 is 0 Å². The van der Waals surface area contributed by atoms with E-state index in [1.807, 2.05) is 0 Å². The van der Waals surface area contributed by atoms with Gasteiger partial charge in [-0.25, -0.2) is 4.98 Å². The van der Waals surface area contributed by atoms with Crippen LogP contribution in [-0.2, 0) is 0 Å². The van der Waals surface area contributed by atoms with Crippen LogP contribution in [0.5, 0.6) is 0 Å². The Morgan fingerprint density at radius 1 is 1.40 bits per heavy atom. The van der Waals surface area contributed by atoms with Crippen LogP contribution in [0.2, 0.25) is 0 Å². The average molecular weight is 226 g/mol. The highest BCUT2D eigenvalue weighted by atomic mass is 32.1. The lowest BCUT2D eigenvalue weighted by molar-refractivity contribution is 0.602. The maximum Gasteiger partial charge on any atom is 0.202 e. The van der Waals surface area contributed by atoms with E-state index < -0.39 is 0 Å². The van der Waals surface area contributed by atoms with Crippen molar-refractivity contribution in [2.45, 2.75) is 38.6 Å². The van der Waals surface area contributed by atoms with Crippen molar-refractivity contribution in [3.8, 4) is 0 Å². The zero-order valence-corrected chi connectivity index (χ0v) is 10.1. The van der Waals surface area contributed by atoms with Crippen LogP contribution in [0.15, 0.2) is 0 Å². The number of aromatic nitrogens is 2. The van der Waals surface area contributed by atoms with Crippen LogP contribution in [0, 0.1) is 0 Å². The van der Waals surface area contributed by atoms with Gasteiger partial charge in [-0.05, 0) is 12.8 Å². The summed E-state index contributed by atoms with van der Waals surface area (Å²) in [4.78, 5) is 4.46. The Morgan fingerprint density at radius 2 is 2.20 bits per heavy atom. The first-order valence-electron chi connectivity index (χ1n) is 5.56. The lowest BCUT2D eigenvalue weighted by Crippen LogP contribution is -2.28. The number of hydrogen-bond acceptors (Lipinski definition) is 5. The molecule has 0 bridgehead atoms. The summed E-state index contributed by atoms with van der Waals surface area (Å²) in [6.07, 6.45) is 2.54. The van der Waals surface area contributed by atoms with E-state index in [0.717, 1.165) is 24.0 Å². The van der Waals surface area contributed by atoms with Crippen molar-refractivity contribution in [1.82, 2.24) is 14.7 Å². The Labute approximate surface area is 94.7 Å². The van der Waals surface area contributed by atoms with E-state index in [-0.39, 0.29) is 0 Å². The molecule has 84 valence electrons. The second-order valence-electron chi connectivity index (χ2n) is 4.27. The molecule has 2 N–H and O–H groups in total. The fourth-order valence-electron chi connectivity index (χ4n) is 1.34. The van der Waals surface area contributed by atoms with Gasteiger partial charge in [0.25, 0.3) is 0 Å². The molecular weight excluding hydrogens is 208 g/mol. The van der Waals surface area contributed by atoms with Gasteiger partial charge in [-0.1, -0.05) is 13.8 Å². The molecule has 0 spiro atoms. The van der Waals surface area contributed by atoms with Crippen molar-refractivity contribution < 1.29 is 0 Å². The third-order valence-electron chi connectivity index (χ3n) is 2.34. The van der Waals surface area contributed by atoms with Gasteiger partial charge in [0, 0.05) is 36.6 Å². The second kappa shape index (κ2) is 4.90. The number of nitrogens with one attached hydrogen (secondary N) is 2.